The number of benzene rings is 1. The summed E-state index contributed by atoms with van der Waals surface area (Å²) >= 11 is 0. The average Bonchev–Trinajstić information content (AvgIpc) is 2.78. The zero-order valence-electron chi connectivity index (χ0n) is 9.90. The van der Waals surface area contributed by atoms with Crippen LogP contribution in [-0.2, 0) is 9.84 Å². The highest BCUT2D eigenvalue weighted by Gasteiger charge is 2.45. The molecule has 0 spiro atoms. The molecule has 1 aromatic rings. The van der Waals surface area contributed by atoms with E-state index in [1.165, 1.54) is 18.2 Å². The fourth-order valence-corrected chi connectivity index (χ4v) is 3.12. The largest absolute Gasteiger partial charge is 0.410 e. The Morgan fingerprint density at radius 3 is 2.58 bits per heavy atom. The van der Waals surface area contributed by atoms with Gasteiger partial charge in [0.05, 0.1) is 4.90 Å². The number of hydrazone groups is 1. The summed E-state index contributed by atoms with van der Waals surface area (Å²) in [4.78, 5) is -0.0455. The van der Waals surface area contributed by atoms with Gasteiger partial charge in [0.1, 0.15) is 6.04 Å². The van der Waals surface area contributed by atoms with Gasteiger partial charge in [0.15, 0.2) is 5.04 Å². The van der Waals surface area contributed by atoms with E-state index < -0.39 is 33.5 Å². The summed E-state index contributed by atoms with van der Waals surface area (Å²) in [6, 6.07) is 4.03. The number of alkyl halides is 3. The number of hydrogen-bond donors (Lipinski definition) is 1. The smallest absolute Gasteiger partial charge is 0.296 e. The van der Waals surface area contributed by atoms with Crippen molar-refractivity contribution in [3.63, 3.8) is 0 Å². The third kappa shape index (κ3) is 2.73. The first-order valence-electron chi connectivity index (χ1n) is 5.42. The lowest BCUT2D eigenvalue weighted by Gasteiger charge is -2.13. The molecule has 1 unspecified atom stereocenters. The van der Waals surface area contributed by atoms with Crippen molar-refractivity contribution in [2.24, 2.45) is 5.10 Å². The van der Waals surface area contributed by atoms with Crippen LogP contribution in [0, 0.1) is 6.92 Å². The summed E-state index contributed by atoms with van der Waals surface area (Å²) in [5.41, 5.74) is 2.53. The topological polar surface area (TPSA) is 58.5 Å². The van der Waals surface area contributed by atoms with Gasteiger partial charge in [0.25, 0.3) is 0 Å². The first-order valence-corrected chi connectivity index (χ1v) is 6.90. The molecule has 0 amide bonds. The Labute approximate surface area is 108 Å². The summed E-state index contributed by atoms with van der Waals surface area (Å²) in [6.07, 6.45) is -5.20. The van der Waals surface area contributed by atoms with Crippen LogP contribution in [0.3, 0.4) is 0 Å². The molecule has 1 N–H and O–H groups in total. The Morgan fingerprint density at radius 1 is 1.37 bits per heavy atom. The fourth-order valence-electron chi connectivity index (χ4n) is 1.69. The lowest BCUT2D eigenvalue weighted by molar-refractivity contribution is -0.151. The van der Waals surface area contributed by atoms with Crippen LogP contribution in [0.5, 0.6) is 0 Å². The van der Waals surface area contributed by atoms with Crippen LogP contribution < -0.4 is 5.43 Å². The van der Waals surface area contributed by atoms with Crippen molar-refractivity contribution in [1.82, 2.24) is 5.43 Å². The molecule has 0 bridgehead atoms. The van der Waals surface area contributed by atoms with E-state index >= 15 is 0 Å². The summed E-state index contributed by atoms with van der Waals surface area (Å²) in [5.74, 6) is 0. The second-order valence-electron chi connectivity index (χ2n) is 4.25. The predicted molar refractivity (Wildman–Crippen MR) is 63.4 cm³/mol. The second kappa shape index (κ2) is 4.52. The van der Waals surface area contributed by atoms with E-state index in [1.807, 2.05) is 5.43 Å². The molecule has 1 aliphatic heterocycles. The summed E-state index contributed by atoms with van der Waals surface area (Å²) in [7, 11) is -3.97. The molecule has 4 nitrogen and oxygen atoms in total. The first kappa shape index (κ1) is 13.9. The molecule has 0 radical (unpaired) electrons. The Bertz CT molecular complexity index is 623. The van der Waals surface area contributed by atoms with Gasteiger partial charge in [-0.05, 0) is 24.6 Å². The normalized spacial score (nSPS) is 20.0. The van der Waals surface area contributed by atoms with Gasteiger partial charge in [-0.2, -0.15) is 18.3 Å². The first-order chi connectivity index (χ1) is 8.71. The van der Waals surface area contributed by atoms with Crippen LogP contribution in [0.1, 0.15) is 12.0 Å². The third-order valence-corrected chi connectivity index (χ3v) is 4.48. The number of aryl methyl sites for hydroxylation is 1. The van der Waals surface area contributed by atoms with Crippen molar-refractivity contribution in [1.29, 1.82) is 0 Å². The minimum atomic E-state index is -4.52. The van der Waals surface area contributed by atoms with Crippen molar-refractivity contribution in [2.45, 2.75) is 30.5 Å². The molecular weight excluding hydrogens is 281 g/mol. The van der Waals surface area contributed by atoms with Crippen LogP contribution in [0.2, 0.25) is 0 Å². The molecular formula is C11H11F3N2O2S. The zero-order valence-corrected chi connectivity index (χ0v) is 10.7. The quantitative estimate of drug-likeness (QED) is 0.861. The van der Waals surface area contributed by atoms with Gasteiger partial charge < -0.3 is 0 Å². The van der Waals surface area contributed by atoms with Crippen LogP contribution in [0.4, 0.5) is 13.2 Å². The van der Waals surface area contributed by atoms with Crippen LogP contribution >= 0.6 is 0 Å². The SMILES string of the molecule is Cc1cccc(S(=O)(=O)C2=NNC(C(F)(F)F)C2)c1. The van der Waals surface area contributed by atoms with Gasteiger partial charge in [-0.25, -0.2) is 8.42 Å². The number of hydrogen-bond acceptors (Lipinski definition) is 4. The highest BCUT2D eigenvalue weighted by Crippen LogP contribution is 2.28. The molecule has 1 atom stereocenters. The Kier molecular flexibility index (Phi) is 3.29. The predicted octanol–water partition coefficient (Wildman–Crippen LogP) is 2.01. The number of halogens is 3. The molecule has 1 heterocycles. The van der Waals surface area contributed by atoms with Crippen molar-refractivity contribution in [3.05, 3.63) is 29.8 Å². The summed E-state index contributed by atoms with van der Waals surface area (Å²) in [5, 5.41) is 2.83. The monoisotopic (exact) mass is 292 g/mol. The standard InChI is InChI=1S/C11H11F3N2O2S/c1-7-3-2-4-8(5-7)19(17,18)10-6-9(15-16-10)11(12,13)14/h2-5,9,15H,6H2,1H3. The van der Waals surface area contributed by atoms with E-state index in [1.54, 1.807) is 13.0 Å². The molecule has 0 saturated heterocycles. The van der Waals surface area contributed by atoms with Gasteiger partial charge in [-0.3, -0.25) is 5.43 Å². The number of rotatable bonds is 1. The van der Waals surface area contributed by atoms with E-state index in [-0.39, 0.29) is 4.90 Å². The van der Waals surface area contributed by atoms with Gasteiger partial charge in [-0.15, -0.1) is 0 Å². The number of nitrogens with zero attached hydrogens (tertiary/aromatic N) is 1. The van der Waals surface area contributed by atoms with E-state index in [2.05, 4.69) is 5.10 Å². The molecule has 104 valence electrons. The maximum Gasteiger partial charge on any atom is 0.410 e. The Balaban J connectivity index is 2.28. The van der Waals surface area contributed by atoms with Crippen molar-refractivity contribution < 1.29 is 21.6 Å². The molecule has 0 aliphatic carbocycles. The molecule has 0 aromatic heterocycles. The van der Waals surface area contributed by atoms with Crippen molar-refractivity contribution in [3.8, 4) is 0 Å². The molecule has 0 saturated carbocycles. The van der Waals surface area contributed by atoms with Gasteiger partial charge in [0, 0.05) is 6.42 Å². The van der Waals surface area contributed by atoms with Crippen LogP contribution in [0.15, 0.2) is 34.3 Å². The Morgan fingerprint density at radius 2 is 2.05 bits per heavy atom. The lowest BCUT2D eigenvalue weighted by Crippen LogP contribution is -2.36. The van der Waals surface area contributed by atoms with Crippen molar-refractivity contribution >= 4 is 14.9 Å². The Hall–Kier alpha value is -1.57. The summed E-state index contributed by atoms with van der Waals surface area (Å²) < 4.78 is 61.6. The van der Waals surface area contributed by atoms with Crippen LogP contribution in [-0.4, -0.2) is 25.7 Å². The van der Waals surface area contributed by atoms with Gasteiger partial charge in [0.2, 0.25) is 9.84 Å². The zero-order chi connectivity index (χ0) is 14.3. The molecule has 1 aromatic carbocycles. The minimum Gasteiger partial charge on any atom is -0.296 e. The number of sulfone groups is 1. The van der Waals surface area contributed by atoms with E-state index in [0.29, 0.717) is 5.56 Å². The molecule has 8 heteroatoms. The van der Waals surface area contributed by atoms with Gasteiger partial charge in [-0.1, -0.05) is 12.1 Å². The van der Waals surface area contributed by atoms with E-state index in [0.717, 1.165) is 0 Å². The molecule has 2 rings (SSSR count). The highest BCUT2D eigenvalue weighted by molar-refractivity contribution is 8.06. The molecule has 0 fully saturated rings. The average molecular weight is 292 g/mol. The van der Waals surface area contributed by atoms with Crippen molar-refractivity contribution in [2.75, 3.05) is 0 Å². The molecule has 1 aliphatic rings. The highest BCUT2D eigenvalue weighted by atomic mass is 32.2. The van der Waals surface area contributed by atoms with E-state index in [9.17, 15) is 21.6 Å². The third-order valence-electron chi connectivity index (χ3n) is 2.73. The van der Waals surface area contributed by atoms with E-state index in [4.69, 9.17) is 0 Å². The number of nitrogens with one attached hydrogen (secondary N) is 1. The maximum absolute atomic E-state index is 12.5. The van der Waals surface area contributed by atoms with Gasteiger partial charge >= 0.3 is 6.18 Å². The fraction of sp³-hybridized carbons (Fsp3) is 0.364. The lowest BCUT2D eigenvalue weighted by atomic mass is 10.2. The summed E-state index contributed by atoms with van der Waals surface area (Å²) in [6.45, 7) is 1.70. The maximum atomic E-state index is 12.5. The second-order valence-corrected chi connectivity index (χ2v) is 6.20. The van der Waals surface area contributed by atoms with Crippen LogP contribution in [0.25, 0.3) is 0 Å². The molecule has 19 heavy (non-hydrogen) atoms. The minimum absolute atomic E-state index is 0.0455.